The fourth-order valence-corrected chi connectivity index (χ4v) is 5.40. The van der Waals surface area contributed by atoms with Crippen LogP contribution >= 0.6 is 0 Å². The van der Waals surface area contributed by atoms with Crippen molar-refractivity contribution in [1.29, 1.82) is 0 Å². The highest BCUT2D eigenvalue weighted by Crippen LogP contribution is 2.19. The lowest BCUT2D eigenvalue weighted by molar-refractivity contribution is -0.155. The molecule has 4 rings (SSSR count). The van der Waals surface area contributed by atoms with Gasteiger partial charge in [-0.05, 0) is 47.1 Å². The number of nitrogens with one attached hydrogen (secondary N) is 2. The maximum atomic E-state index is 13.8. The summed E-state index contributed by atoms with van der Waals surface area (Å²) in [5.41, 5.74) is 0.131. The van der Waals surface area contributed by atoms with Gasteiger partial charge in [0.05, 0.1) is 19.8 Å². The molecule has 48 heavy (non-hydrogen) atoms. The van der Waals surface area contributed by atoms with Gasteiger partial charge in [-0.15, -0.1) is 0 Å². The number of piperazine rings is 1. The monoisotopic (exact) mass is 667 g/mol. The number of amides is 3. The van der Waals surface area contributed by atoms with Gasteiger partial charge in [-0.1, -0.05) is 30.3 Å². The van der Waals surface area contributed by atoms with Crippen LogP contribution in [0.3, 0.4) is 0 Å². The summed E-state index contributed by atoms with van der Waals surface area (Å²) in [6.07, 6.45) is 0.395. The van der Waals surface area contributed by atoms with Crippen LogP contribution in [0.1, 0.15) is 57.4 Å². The van der Waals surface area contributed by atoms with Crippen molar-refractivity contribution in [3.63, 3.8) is 0 Å². The summed E-state index contributed by atoms with van der Waals surface area (Å²) in [6, 6.07) is 9.90. The van der Waals surface area contributed by atoms with E-state index in [4.69, 9.17) is 14.2 Å². The first kappa shape index (κ1) is 36.5. The van der Waals surface area contributed by atoms with E-state index in [-0.39, 0.29) is 44.1 Å². The Kier molecular flexibility index (Phi) is 13.5. The molecule has 262 valence electrons. The zero-order chi connectivity index (χ0) is 34.5. The zero-order valence-electron chi connectivity index (χ0n) is 28.5. The van der Waals surface area contributed by atoms with Gasteiger partial charge in [-0.25, -0.2) is 14.8 Å². The van der Waals surface area contributed by atoms with Crippen molar-refractivity contribution in [2.45, 2.75) is 58.6 Å². The highest BCUT2D eigenvalue weighted by molar-refractivity contribution is 5.97. The van der Waals surface area contributed by atoms with Crippen molar-refractivity contribution in [3.8, 4) is 11.4 Å². The lowest BCUT2D eigenvalue weighted by Crippen LogP contribution is -2.56. The summed E-state index contributed by atoms with van der Waals surface area (Å²) < 4.78 is 16.0. The van der Waals surface area contributed by atoms with E-state index in [1.807, 2.05) is 30.3 Å². The molecule has 0 spiro atoms. The molecule has 14 heteroatoms. The zero-order valence-corrected chi connectivity index (χ0v) is 28.5. The topological polar surface area (TPSA) is 156 Å². The van der Waals surface area contributed by atoms with Crippen LogP contribution in [0.2, 0.25) is 0 Å². The van der Waals surface area contributed by atoms with Crippen LogP contribution in [-0.2, 0) is 23.8 Å². The second-order valence-corrected chi connectivity index (χ2v) is 12.7. The van der Waals surface area contributed by atoms with Crippen LogP contribution in [0.5, 0.6) is 0 Å². The number of hydrogen-bond donors (Lipinski definition) is 2. The highest BCUT2D eigenvalue weighted by Gasteiger charge is 2.32. The molecule has 14 nitrogen and oxygen atoms in total. The van der Waals surface area contributed by atoms with Crippen molar-refractivity contribution in [2.75, 3.05) is 77.5 Å². The van der Waals surface area contributed by atoms with E-state index >= 15 is 0 Å². The molecule has 3 amide bonds. The normalized spacial score (nSPS) is 16.2. The number of morpholine rings is 1. The van der Waals surface area contributed by atoms with Crippen molar-refractivity contribution < 1.29 is 33.4 Å². The molecule has 2 N–H and O–H groups in total. The molecule has 3 heterocycles. The van der Waals surface area contributed by atoms with E-state index in [0.29, 0.717) is 31.3 Å². The number of carbonyl (C=O) groups excluding carboxylic acids is 4. The van der Waals surface area contributed by atoms with Gasteiger partial charge in [0.15, 0.2) is 5.82 Å². The lowest BCUT2D eigenvalue weighted by Gasteiger charge is -2.36. The van der Waals surface area contributed by atoms with Gasteiger partial charge in [0, 0.05) is 63.9 Å². The summed E-state index contributed by atoms with van der Waals surface area (Å²) in [7, 11) is 0. The van der Waals surface area contributed by atoms with Crippen molar-refractivity contribution in [3.05, 3.63) is 42.1 Å². The maximum absolute atomic E-state index is 13.8. The molecule has 0 aliphatic carbocycles. The Bertz CT molecular complexity index is 1370. The average molecular weight is 668 g/mol. The van der Waals surface area contributed by atoms with Gasteiger partial charge in [-0.2, -0.15) is 0 Å². The van der Waals surface area contributed by atoms with Gasteiger partial charge in [0.1, 0.15) is 23.2 Å². The van der Waals surface area contributed by atoms with Gasteiger partial charge < -0.3 is 34.6 Å². The molecule has 0 saturated carbocycles. The van der Waals surface area contributed by atoms with E-state index in [1.54, 1.807) is 43.6 Å². The molecule has 2 fully saturated rings. The molecular weight excluding hydrogens is 618 g/mol. The summed E-state index contributed by atoms with van der Waals surface area (Å²) in [5, 5.41) is 6.17. The first-order valence-corrected chi connectivity index (χ1v) is 16.7. The molecule has 2 aliphatic heterocycles. The number of aromatic nitrogens is 2. The predicted molar refractivity (Wildman–Crippen MR) is 179 cm³/mol. The van der Waals surface area contributed by atoms with Crippen molar-refractivity contribution >= 4 is 29.7 Å². The first-order valence-electron chi connectivity index (χ1n) is 16.7. The Morgan fingerprint density at radius 2 is 1.65 bits per heavy atom. The molecular formula is C34H49N7O7. The summed E-state index contributed by atoms with van der Waals surface area (Å²) >= 11 is 0. The van der Waals surface area contributed by atoms with E-state index < -0.39 is 29.6 Å². The Morgan fingerprint density at radius 1 is 0.958 bits per heavy atom. The molecule has 2 aromatic rings. The summed E-state index contributed by atoms with van der Waals surface area (Å²) in [4.78, 5) is 67.1. The van der Waals surface area contributed by atoms with Crippen molar-refractivity contribution in [2.24, 2.45) is 0 Å². The molecule has 2 saturated heterocycles. The van der Waals surface area contributed by atoms with Crippen LogP contribution in [0, 0.1) is 0 Å². The maximum Gasteiger partial charge on any atom is 0.409 e. The molecule has 1 aromatic carbocycles. The number of carbonyl (C=O) groups is 4. The number of ether oxygens (including phenoxy) is 3. The van der Waals surface area contributed by atoms with Crippen LogP contribution in [0.25, 0.3) is 11.4 Å². The van der Waals surface area contributed by atoms with E-state index in [9.17, 15) is 19.2 Å². The smallest absolute Gasteiger partial charge is 0.409 e. The fourth-order valence-electron chi connectivity index (χ4n) is 5.40. The van der Waals surface area contributed by atoms with Gasteiger partial charge in [0.2, 0.25) is 5.91 Å². The minimum Gasteiger partial charge on any atom is -0.460 e. The van der Waals surface area contributed by atoms with Crippen LogP contribution in [-0.4, -0.2) is 132 Å². The minimum absolute atomic E-state index is 0.0286. The van der Waals surface area contributed by atoms with Gasteiger partial charge >= 0.3 is 12.1 Å². The third-order valence-corrected chi connectivity index (χ3v) is 7.83. The Balaban J connectivity index is 1.49. The lowest BCUT2D eigenvalue weighted by atomic mass is 10.1. The number of nitrogens with zero attached hydrogens (tertiary/aromatic N) is 5. The second-order valence-electron chi connectivity index (χ2n) is 12.7. The molecule has 1 unspecified atom stereocenters. The number of rotatable bonds is 13. The first-order chi connectivity index (χ1) is 23.0. The third-order valence-electron chi connectivity index (χ3n) is 7.83. The standard InChI is InChI=1S/C34H49N7O7/c1-5-47-33(45)41-18-16-40(17-19-41)32(44)26(12-13-29(42)48-34(2,3)4)37-31(43)27-24-28(35-14-9-15-39-20-22-46-23-21-39)38-30(36-27)25-10-7-6-8-11-25/h6-8,10-11,24,26H,5,9,12-23H2,1-4H3,(H,37,43)(H,35,36,38). The number of hydrogen-bond acceptors (Lipinski definition) is 11. The average Bonchev–Trinajstić information content (AvgIpc) is 3.08. The van der Waals surface area contributed by atoms with Crippen LogP contribution < -0.4 is 10.6 Å². The summed E-state index contributed by atoms with van der Waals surface area (Å²) in [6.45, 7) is 13.3. The Morgan fingerprint density at radius 3 is 2.31 bits per heavy atom. The Labute approximate surface area is 282 Å². The number of benzene rings is 1. The van der Waals surface area contributed by atoms with E-state index in [2.05, 4.69) is 25.5 Å². The van der Waals surface area contributed by atoms with Gasteiger partial charge in [0.25, 0.3) is 5.91 Å². The number of anilines is 1. The number of esters is 1. The SMILES string of the molecule is CCOC(=O)N1CCN(C(=O)C(CCC(=O)OC(C)(C)C)NC(=O)c2cc(NCCCN3CCOCC3)nc(-c3ccccc3)n2)CC1. The van der Waals surface area contributed by atoms with E-state index in [1.165, 1.54) is 0 Å². The van der Waals surface area contributed by atoms with Crippen LogP contribution in [0.4, 0.5) is 10.6 Å². The molecule has 1 atom stereocenters. The van der Waals surface area contributed by atoms with Gasteiger partial charge in [-0.3, -0.25) is 19.3 Å². The molecule has 0 bridgehead atoms. The molecule has 2 aliphatic rings. The molecule has 0 radical (unpaired) electrons. The minimum atomic E-state index is -1.03. The van der Waals surface area contributed by atoms with Crippen LogP contribution in [0.15, 0.2) is 36.4 Å². The van der Waals surface area contributed by atoms with Crippen molar-refractivity contribution in [1.82, 2.24) is 30.0 Å². The van der Waals surface area contributed by atoms with E-state index in [0.717, 1.165) is 44.8 Å². The second kappa shape index (κ2) is 17.7. The largest absolute Gasteiger partial charge is 0.460 e. The summed E-state index contributed by atoms with van der Waals surface area (Å²) in [5.74, 6) is -0.542. The fraction of sp³-hybridized carbons (Fsp3) is 0.588. The quantitative estimate of drug-likeness (QED) is 0.239. The Hall–Kier alpha value is -4.30. The molecule has 1 aromatic heterocycles. The third kappa shape index (κ3) is 11.4. The predicted octanol–water partition coefficient (Wildman–Crippen LogP) is 2.80. The highest BCUT2D eigenvalue weighted by atomic mass is 16.6.